The summed E-state index contributed by atoms with van der Waals surface area (Å²) in [5.74, 6) is 0. The number of rotatable bonds is 0. The molecular weight excluding hydrogens is 332 g/mol. The van der Waals surface area contributed by atoms with Gasteiger partial charge in [-0.1, -0.05) is 0 Å². The van der Waals surface area contributed by atoms with E-state index in [1.807, 2.05) is 45.2 Å². The smallest absolute Gasteiger partial charge is 0.194 e. The van der Waals surface area contributed by atoms with Gasteiger partial charge in [0.2, 0.25) is 0 Å². The fraction of sp³-hybridized carbons (Fsp3) is 0. The fourth-order valence-electron chi connectivity index (χ4n) is 0.258. The largest absolute Gasteiger partial charge is 0.211 e. The highest BCUT2D eigenvalue weighted by atomic mass is 127. The molecular formula is C3HI2N3. The Morgan fingerprint density at radius 3 is 1.88 bits per heavy atom. The molecule has 0 atom stereocenters. The van der Waals surface area contributed by atoms with Crippen molar-refractivity contribution in [2.75, 3.05) is 0 Å². The summed E-state index contributed by atoms with van der Waals surface area (Å²) >= 11 is 4.08. The zero-order valence-corrected chi connectivity index (χ0v) is 7.99. The van der Waals surface area contributed by atoms with E-state index in [0.29, 0.717) is 0 Å². The van der Waals surface area contributed by atoms with Gasteiger partial charge < -0.3 is 0 Å². The second kappa shape index (κ2) is 2.85. The van der Waals surface area contributed by atoms with Crippen LogP contribution >= 0.6 is 45.2 Å². The third kappa shape index (κ3) is 1.77. The van der Waals surface area contributed by atoms with Gasteiger partial charge in [0.05, 0.1) is 0 Å². The number of nitrogens with zero attached hydrogens (tertiary/aromatic N) is 3. The highest BCUT2D eigenvalue weighted by Gasteiger charge is 1.88. The fourth-order valence-corrected chi connectivity index (χ4v) is 1.43. The van der Waals surface area contributed by atoms with Crippen molar-refractivity contribution in [3.05, 3.63) is 14.0 Å². The van der Waals surface area contributed by atoms with Gasteiger partial charge >= 0.3 is 0 Å². The molecule has 0 aliphatic carbocycles. The van der Waals surface area contributed by atoms with E-state index < -0.39 is 0 Å². The second-order valence-corrected chi connectivity index (χ2v) is 2.95. The number of hydrogen-bond donors (Lipinski definition) is 0. The summed E-state index contributed by atoms with van der Waals surface area (Å²) in [5.41, 5.74) is 0. The molecule has 0 amide bonds. The Morgan fingerprint density at radius 1 is 1.12 bits per heavy atom. The third-order valence-electron chi connectivity index (χ3n) is 0.513. The molecule has 0 spiro atoms. The topological polar surface area (TPSA) is 38.7 Å². The molecule has 0 saturated carbocycles. The Balaban J connectivity index is 3.08. The number of aromatic nitrogens is 3. The van der Waals surface area contributed by atoms with E-state index in [1.54, 1.807) is 0 Å². The Kier molecular flexibility index (Phi) is 2.35. The first-order chi connectivity index (χ1) is 3.79. The van der Waals surface area contributed by atoms with Crippen LogP contribution in [0.25, 0.3) is 0 Å². The predicted octanol–water partition coefficient (Wildman–Crippen LogP) is 1.08. The van der Waals surface area contributed by atoms with Crippen LogP contribution in [0.5, 0.6) is 0 Å². The summed E-state index contributed by atoms with van der Waals surface area (Å²) in [7, 11) is 0. The Hall–Kier alpha value is 0.470. The van der Waals surface area contributed by atoms with E-state index in [-0.39, 0.29) is 0 Å². The summed E-state index contributed by atoms with van der Waals surface area (Å²) in [6, 6.07) is 0. The van der Waals surface area contributed by atoms with E-state index in [2.05, 4.69) is 15.0 Å². The minimum Gasteiger partial charge on any atom is -0.211 e. The first-order valence-corrected chi connectivity index (χ1v) is 3.95. The molecule has 0 bridgehead atoms. The van der Waals surface area contributed by atoms with E-state index in [4.69, 9.17) is 0 Å². The molecule has 1 heterocycles. The Morgan fingerprint density at radius 2 is 1.62 bits per heavy atom. The van der Waals surface area contributed by atoms with Crippen LogP contribution in [0.2, 0.25) is 0 Å². The lowest BCUT2D eigenvalue weighted by Gasteiger charge is -1.85. The van der Waals surface area contributed by atoms with Crippen molar-refractivity contribution in [1.82, 2.24) is 15.0 Å². The highest BCUT2D eigenvalue weighted by molar-refractivity contribution is 14.1. The van der Waals surface area contributed by atoms with Gasteiger partial charge in [0.25, 0.3) is 0 Å². The van der Waals surface area contributed by atoms with Gasteiger partial charge in [0.15, 0.2) is 7.66 Å². The normalized spacial score (nSPS) is 9.25. The summed E-state index contributed by atoms with van der Waals surface area (Å²) in [6.45, 7) is 0. The molecule has 1 aromatic heterocycles. The lowest BCUT2D eigenvalue weighted by Crippen LogP contribution is -1.91. The van der Waals surface area contributed by atoms with Gasteiger partial charge in [-0.25, -0.2) is 9.97 Å². The van der Waals surface area contributed by atoms with Crippen LogP contribution in [0.15, 0.2) is 6.33 Å². The van der Waals surface area contributed by atoms with Crippen molar-refractivity contribution >= 4 is 45.2 Å². The van der Waals surface area contributed by atoms with Crippen molar-refractivity contribution in [2.24, 2.45) is 0 Å². The molecule has 3 nitrogen and oxygen atoms in total. The lowest BCUT2D eigenvalue weighted by atomic mass is 11.1. The van der Waals surface area contributed by atoms with Crippen LogP contribution in [-0.2, 0) is 0 Å². The average molecular weight is 333 g/mol. The molecule has 0 aliphatic heterocycles. The first-order valence-electron chi connectivity index (χ1n) is 1.79. The molecule has 0 N–H and O–H groups in total. The zero-order chi connectivity index (χ0) is 5.98. The molecule has 0 radical (unpaired) electrons. The van der Waals surface area contributed by atoms with Gasteiger partial charge in [-0.05, 0) is 0 Å². The molecule has 0 fully saturated rings. The van der Waals surface area contributed by atoms with Crippen molar-refractivity contribution < 1.29 is 0 Å². The van der Waals surface area contributed by atoms with E-state index >= 15 is 0 Å². The van der Waals surface area contributed by atoms with Crippen LogP contribution in [0.3, 0.4) is 0 Å². The molecule has 1 rings (SSSR count). The zero-order valence-electron chi connectivity index (χ0n) is 3.67. The van der Waals surface area contributed by atoms with Crippen LogP contribution in [0.1, 0.15) is 0 Å². The molecule has 0 saturated heterocycles. The number of hydrogen-bond acceptors (Lipinski definition) is 3. The maximum atomic E-state index is 3.92. The van der Waals surface area contributed by atoms with Crippen LogP contribution in [0.4, 0.5) is 0 Å². The Labute approximate surface area is 73.6 Å². The van der Waals surface area contributed by atoms with Crippen molar-refractivity contribution in [3.63, 3.8) is 0 Å². The standard InChI is InChI=1S/C3HI2N3/c4-2-6-1-7-3(5)8-2/h1H. The number of halogens is 2. The maximum absolute atomic E-state index is 3.92. The summed E-state index contributed by atoms with van der Waals surface area (Å²) in [5, 5.41) is 0. The third-order valence-corrected chi connectivity index (χ3v) is 1.55. The average Bonchev–Trinajstić information content (AvgIpc) is 1.64. The van der Waals surface area contributed by atoms with Gasteiger partial charge in [0.1, 0.15) is 6.33 Å². The molecule has 8 heavy (non-hydrogen) atoms. The van der Waals surface area contributed by atoms with Crippen LogP contribution < -0.4 is 0 Å². The van der Waals surface area contributed by atoms with E-state index in [9.17, 15) is 0 Å². The van der Waals surface area contributed by atoms with Gasteiger partial charge in [-0.3, -0.25) is 0 Å². The molecule has 0 aromatic carbocycles. The van der Waals surface area contributed by atoms with Gasteiger partial charge in [0, 0.05) is 45.2 Å². The van der Waals surface area contributed by atoms with Crippen LogP contribution in [0, 0.1) is 7.66 Å². The summed E-state index contributed by atoms with van der Waals surface area (Å²) in [4.78, 5) is 11.5. The second-order valence-electron chi connectivity index (χ2n) is 1.02. The van der Waals surface area contributed by atoms with Gasteiger partial charge in [-0.15, -0.1) is 0 Å². The molecule has 5 heteroatoms. The maximum Gasteiger partial charge on any atom is 0.194 e. The Bertz CT molecular complexity index is 172. The first kappa shape index (κ1) is 6.59. The van der Waals surface area contributed by atoms with Crippen molar-refractivity contribution in [2.45, 2.75) is 0 Å². The lowest BCUT2D eigenvalue weighted by molar-refractivity contribution is 0.966. The molecule has 1 aromatic rings. The summed E-state index contributed by atoms with van der Waals surface area (Å²) < 4.78 is 1.48. The monoisotopic (exact) mass is 333 g/mol. The van der Waals surface area contributed by atoms with Crippen LogP contribution in [-0.4, -0.2) is 15.0 Å². The minimum atomic E-state index is 0.738. The SMILES string of the molecule is Ic1ncnc(I)n1. The minimum absolute atomic E-state index is 0.738. The molecule has 0 aliphatic rings. The summed E-state index contributed by atoms with van der Waals surface area (Å²) in [6.07, 6.45) is 1.50. The van der Waals surface area contributed by atoms with Crippen molar-refractivity contribution in [3.8, 4) is 0 Å². The molecule has 42 valence electrons. The molecule has 0 unspecified atom stereocenters. The highest BCUT2D eigenvalue weighted by Crippen LogP contribution is 1.96. The van der Waals surface area contributed by atoms with E-state index in [0.717, 1.165) is 7.66 Å². The predicted molar refractivity (Wildman–Crippen MR) is 45.3 cm³/mol. The van der Waals surface area contributed by atoms with Gasteiger partial charge in [-0.2, -0.15) is 4.98 Å². The van der Waals surface area contributed by atoms with E-state index in [1.165, 1.54) is 6.33 Å². The van der Waals surface area contributed by atoms with Crippen molar-refractivity contribution in [1.29, 1.82) is 0 Å². The quantitative estimate of drug-likeness (QED) is 0.667.